The molecule has 0 bridgehead atoms. The highest BCUT2D eigenvalue weighted by molar-refractivity contribution is 5.87. The Morgan fingerprint density at radius 2 is 1.92 bits per heavy atom. The lowest BCUT2D eigenvalue weighted by molar-refractivity contribution is -0.135. The summed E-state index contributed by atoms with van der Waals surface area (Å²) in [5, 5.41) is 29.4. The van der Waals surface area contributed by atoms with Gasteiger partial charge >= 0.3 is 0 Å². The maximum absolute atomic E-state index is 12.8. The second kappa shape index (κ2) is 6.54. The zero-order chi connectivity index (χ0) is 18.3. The van der Waals surface area contributed by atoms with E-state index in [1.807, 2.05) is 6.92 Å². The second-order valence-corrected chi connectivity index (χ2v) is 9.15. The van der Waals surface area contributed by atoms with Crippen LogP contribution >= 0.6 is 0 Å². The van der Waals surface area contributed by atoms with Crippen molar-refractivity contribution >= 4 is 5.78 Å². The summed E-state index contributed by atoms with van der Waals surface area (Å²) in [7, 11) is 0. The Morgan fingerprint density at radius 3 is 2.50 bits per heavy atom. The van der Waals surface area contributed by atoms with Crippen LogP contribution in [0.3, 0.4) is 0 Å². The van der Waals surface area contributed by atoms with Crippen LogP contribution in [0.1, 0.15) is 73.1 Å². The van der Waals surface area contributed by atoms with E-state index < -0.39 is 18.3 Å². The van der Waals surface area contributed by atoms with Gasteiger partial charge in [-0.05, 0) is 50.4 Å². The van der Waals surface area contributed by atoms with Crippen molar-refractivity contribution in [3.05, 3.63) is 11.1 Å². The lowest BCUT2D eigenvalue weighted by Gasteiger charge is -2.54. The Kier molecular flexibility index (Phi) is 5.35. The van der Waals surface area contributed by atoms with Crippen molar-refractivity contribution in [2.24, 2.45) is 16.7 Å². The first kappa shape index (κ1) is 19.6. The lowest BCUT2D eigenvalue weighted by atomic mass is 9.49. The molecule has 0 radical (unpaired) electrons. The minimum atomic E-state index is -1.32. The van der Waals surface area contributed by atoms with Gasteiger partial charge in [-0.2, -0.15) is 0 Å². The van der Waals surface area contributed by atoms with E-state index in [4.69, 9.17) is 5.11 Å². The summed E-state index contributed by atoms with van der Waals surface area (Å²) in [6.45, 7) is 9.78. The first-order valence-electron chi connectivity index (χ1n) is 9.19. The monoisotopic (exact) mass is 338 g/mol. The van der Waals surface area contributed by atoms with Crippen LogP contribution in [0.5, 0.6) is 0 Å². The van der Waals surface area contributed by atoms with Crippen LogP contribution in [0.25, 0.3) is 0 Å². The molecule has 138 valence electrons. The molecule has 0 aliphatic heterocycles. The summed E-state index contributed by atoms with van der Waals surface area (Å²) in [5.74, 6) is 0.385. The highest BCUT2D eigenvalue weighted by Crippen LogP contribution is 2.59. The first-order chi connectivity index (χ1) is 11.0. The van der Waals surface area contributed by atoms with Crippen molar-refractivity contribution in [1.29, 1.82) is 0 Å². The molecular formula is C20H34O4. The Bertz CT molecular complexity index is 532. The zero-order valence-electron chi connectivity index (χ0n) is 15.9. The van der Waals surface area contributed by atoms with Gasteiger partial charge in [0.15, 0.2) is 0 Å². The van der Waals surface area contributed by atoms with Crippen LogP contribution in [-0.4, -0.2) is 39.4 Å². The SMILES string of the molecule is CC1=C(CC[C@@](C)(O)[C@H](O)CO)[C@@]2(C)CCCC(C)(C)[C@@H]2C(=O)C1. The second-order valence-electron chi connectivity index (χ2n) is 9.15. The number of rotatable bonds is 5. The van der Waals surface area contributed by atoms with Crippen LogP contribution in [0.15, 0.2) is 11.1 Å². The predicted molar refractivity (Wildman–Crippen MR) is 94.5 cm³/mol. The summed E-state index contributed by atoms with van der Waals surface area (Å²) in [6, 6.07) is 0. The molecule has 2 rings (SSSR count). The number of aliphatic hydroxyl groups excluding tert-OH is 2. The topological polar surface area (TPSA) is 77.8 Å². The normalized spacial score (nSPS) is 33.8. The summed E-state index contributed by atoms with van der Waals surface area (Å²) >= 11 is 0. The van der Waals surface area contributed by atoms with Gasteiger partial charge < -0.3 is 15.3 Å². The molecule has 0 heterocycles. The molecule has 0 unspecified atom stereocenters. The maximum atomic E-state index is 12.8. The largest absolute Gasteiger partial charge is 0.394 e. The van der Waals surface area contributed by atoms with Crippen molar-refractivity contribution in [1.82, 2.24) is 0 Å². The summed E-state index contributed by atoms with van der Waals surface area (Å²) < 4.78 is 0. The number of hydrogen-bond donors (Lipinski definition) is 3. The van der Waals surface area contributed by atoms with E-state index in [-0.39, 0.29) is 16.7 Å². The number of fused-ring (bicyclic) bond motifs is 1. The molecule has 1 saturated carbocycles. The van der Waals surface area contributed by atoms with E-state index in [9.17, 15) is 15.0 Å². The average Bonchev–Trinajstić information content (AvgIpc) is 2.43. The quantitative estimate of drug-likeness (QED) is 0.674. The van der Waals surface area contributed by atoms with Crippen LogP contribution in [0, 0.1) is 16.7 Å². The zero-order valence-corrected chi connectivity index (χ0v) is 15.9. The highest BCUT2D eigenvalue weighted by atomic mass is 16.4. The first-order valence-corrected chi connectivity index (χ1v) is 9.19. The van der Waals surface area contributed by atoms with Gasteiger partial charge in [-0.25, -0.2) is 0 Å². The van der Waals surface area contributed by atoms with Gasteiger partial charge in [0.1, 0.15) is 11.9 Å². The molecule has 2 aliphatic rings. The Balaban J connectivity index is 2.31. The molecule has 0 spiro atoms. The molecule has 4 atom stereocenters. The van der Waals surface area contributed by atoms with Gasteiger partial charge in [-0.3, -0.25) is 4.79 Å². The molecule has 2 aliphatic carbocycles. The molecule has 24 heavy (non-hydrogen) atoms. The third kappa shape index (κ3) is 3.33. The molecule has 0 saturated heterocycles. The number of ketones is 1. The van der Waals surface area contributed by atoms with E-state index in [1.54, 1.807) is 6.92 Å². The number of carbonyl (C=O) groups excluding carboxylic acids is 1. The van der Waals surface area contributed by atoms with E-state index in [2.05, 4.69) is 20.8 Å². The molecule has 0 aromatic heterocycles. The fraction of sp³-hybridized carbons (Fsp3) is 0.850. The van der Waals surface area contributed by atoms with Crippen molar-refractivity contribution in [3.8, 4) is 0 Å². The molecule has 0 aromatic carbocycles. The minimum absolute atomic E-state index is 0.00314. The number of Topliss-reactive ketones (excluding diaryl/α,β-unsaturated/α-hetero) is 1. The Hall–Kier alpha value is -0.710. The third-order valence-corrected chi connectivity index (χ3v) is 6.67. The minimum Gasteiger partial charge on any atom is -0.394 e. The van der Waals surface area contributed by atoms with Gasteiger partial charge in [0.25, 0.3) is 0 Å². The Labute approximate surface area is 146 Å². The molecule has 4 nitrogen and oxygen atoms in total. The van der Waals surface area contributed by atoms with Crippen LogP contribution < -0.4 is 0 Å². The lowest BCUT2D eigenvalue weighted by Crippen LogP contribution is -2.50. The van der Waals surface area contributed by atoms with Gasteiger partial charge in [0.05, 0.1) is 12.2 Å². The van der Waals surface area contributed by atoms with Crippen molar-refractivity contribution in [3.63, 3.8) is 0 Å². The molecule has 1 fully saturated rings. The highest BCUT2D eigenvalue weighted by Gasteiger charge is 2.54. The molecule has 4 heteroatoms. The fourth-order valence-corrected chi connectivity index (χ4v) is 5.38. The average molecular weight is 338 g/mol. The number of allylic oxidation sites excluding steroid dienone is 2. The van der Waals surface area contributed by atoms with Gasteiger partial charge in [0.2, 0.25) is 0 Å². The van der Waals surface area contributed by atoms with E-state index in [0.29, 0.717) is 25.0 Å². The van der Waals surface area contributed by atoms with Gasteiger partial charge in [0, 0.05) is 12.3 Å². The van der Waals surface area contributed by atoms with Crippen molar-refractivity contribution in [2.75, 3.05) is 6.61 Å². The summed E-state index contributed by atoms with van der Waals surface area (Å²) in [4.78, 5) is 12.8. The van der Waals surface area contributed by atoms with Gasteiger partial charge in [-0.15, -0.1) is 0 Å². The van der Waals surface area contributed by atoms with Crippen LogP contribution in [0.2, 0.25) is 0 Å². The maximum Gasteiger partial charge on any atom is 0.141 e. The smallest absolute Gasteiger partial charge is 0.141 e. The summed E-state index contributed by atoms with van der Waals surface area (Å²) in [6.07, 6.45) is 3.60. The number of carbonyl (C=O) groups is 1. The fourth-order valence-electron chi connectivity index (χ4n) is 5.38. The number of hydrogen-bond acceptors (Lipinski definition) is 4. The van der Waals surface area contributed by atoms with Gasteiger partial charge in [-0.1, -0.05) is 38.3 Å². The summed E-state index contributed by atoms with van der Waals surface area (Å²) in [5.41, 5.74) is 0.945. The number of aliphatic hydroxyl groups is 3. The molecule has 3 N–H and O–H groups in total. The van der Waals surface area contributed by atoms with Crippen LogP contribution in [-0.2, 0) is 4.79 Å². The predicted octanol–water partition coefficient (Wildman–Crippen LogP) is 2.99. The standard InChI is InChI=1S/C20H34O4/c1-13-11-15(22)17-18(2,3)8-6-9-19(17,4)14(13)7-10-20(5,24)16(23)12-21/h16-17,21,23-24H,6-12H2,1-5H3/t16-,17+,19-,20-/m1/s1. The molecule has 0 amide bonds. The molecular weight excluding hydrogens is 304 g/mol. The van der Waals surface area contributed by atoms with Crippen molar-refractivity contribution < 1.29 is 20.1 Å². The van der Waals surface area contributed by atoms with E-state index in [1.165, 1.54) is 5.57 Å². The van der Waals surface area contributed by atoms with E-state index in [0.717, 1.165) is 24.8 Å². The molecule has 0 aromatic rings. The van der Waals surface area contributed by atoms with Crippen LogP contribution in [0.4, 0.5) is 0 Å². The van der Waals surface area contributed by atoms with Crippen molar-refractivity contribution in [2.45, 2.75) is 84.8 Å². The Morgan fingerprint density at radius 1 is 1.29 bits per heavy atom. The third-order valence-electron chi connectivity index (χ3n) is 6.67. The van der Waals surface area contributed by atoms with E-state index >= 15 is 0 Å².